The molecule has 25 heavy (non-hydrogen) atoms. The van der Waals surface area contributed by atoms with Crippen molar-refractivity contribution < 1.29 is 14.4 Å². The van der Waals surface area contributed by atoms with E-state index >= 15 is 0 Å². The van der Waals surface area contributed by atoms with Crippen molar-refractivity contribution in [3.63, 3.8) is 0 Å². The molecule has 1 N–H and O–H groups in total. The molecule has 1 atom stereocenters. The number of carbonyl (C=O) groups is 3. The van der Waals surface area contributed by atoms with Crippen molar-refractivity contribution in [2.75, 3.05) is 26.2 Å². The Labute approximate surface area is 150 Å². The zero-order valence-electron chi connectivity index (χ0n) is 15.3. The predicted molar refractivity (Wildman–Crippen MR) is 96.8 cm³/mol. The molecule has 6 nitrogen and oxygen atoms in total. The molecule has 0 aromatic rings. The number of carbonyl (C=O) groups excluding carboxylic acids is 3. The maximum absolute atomic E-state index is 12.3. The van der Waals surface area contributed by atoms with Gasteiger partial charge in [0.05, 0.1) is 0 Å². The normalized spacial score (nSPS) is 22.2. The first-order chi connectivity index (χ1) is 12.0. The van der Waals surface area contributed by atoms with Crippen LogP contribution in [0.15, 0.2) is 12.7 Å². The lowest BCUT2D eigenvalue weighted by atomic mass is 9.86. The first kappa shape index (κ1) is 19.5. The Kier molecular flexibility index (Phi) is 7.47. The third-order valence-electron chi connectivity index (χ3n) is 5.46. The summed E-state index contributed by atoms with van der Waals surface area (Å²) in [7, 11) is 0. The second-order valence-electron chi connectivity index (χ2n) is 7.09. The van der Waals surface area contributed by atoms with E-state index in [0.29, 0.717) is 24.9 Å². The number of nitrogens with zero attached hydrogens (tertiary/aromatic N) is 2. The summed E-state index contributed by atoms with van der Waals surface area (Å²) in [5.41, 5.74) is 0. The number of piperidine rings is 1. The highest BCUT2D eigenvalue weighted by Gasteiger charge is 2.33. The molecule has 3 amide bonds. The summed E-state index contributed by atoms with van der Waals surface area (Å²) >= 11 is 0. The van der Waals surface area contributed by atoms with Gasteiger partial charge in [-0.3, -0.25) is 14.4 Å². The van der Waals surface area contributed by atoms with Gasteiger partial charge in [-0.2, -0.15) is 0 Å². The molecule has 2 fully saturated rings. The van der Waals surface area contributed by atoms with Crippen LogP contribution < -0.4 is 5.32 Å². The zero-order valence-corrected chi connectivity index (χ0v) is 15.3. The smallest absolute Gasteiger partial charge is 0.243 e. The van der Waals surface area contributed by atoms with Gasteiger partial charge in [-0.25, -0.2) is 0 Å². The second kappa shape index (κ2) is 9.59. The van der Waals surface area contributed by atoms with Gasteiger partial charge in [0.25, 0.3) is 0 Å². The number of nitrogens with one attached hydrogen (secondary N) is 1. The van der Waals surface area contributed by atoms with Crippen LogP contribution in [0.25, 0.3) is 0 Å². The van der Waals surface area contributed by atoms with E-state index in [0.717, 1.165) is 45.3 Å². The lowest BCUT2D eigenvalue weighted by Crippen LogP contribution is -2.48. The minimum Gasteiger partial charge on any atom is -0.352 e. The van der Waals surface area contributed by atoms with Crippen LogP contribution in [-0.2, 0) is 14.4 Å². The molecule has 0 aliphatic carbocycles. The maximum Gasteiger partial charge on any atom is 0.243 e. The average Bonchev–Trinajstić information content (AvgIpc) is 2.87. The van der Waals surface area contributed by atoms with E-state index in [9.17, 15) is 14.4 Å². The second-order valence-corrected chi connectivity index (χ2v) is 7.09. The molecule has 1 unspecified atom stereocenters. The quantitative estimate of drug-likeness (QED) is 0.768. The van der Waals surface area contributed by atoms with Crippen LogP contribution in [0.4, 0.5) is 0 Å². The monoisotopic (exact) mass is 349 g/mol. The Hall–Kier alpha value is -1.85. The van der Waals surface area contributed by atoms with Crippen LogP contribution >= 0.6 is 0 Å². The summed E-state index contributed by atoms with van der Waals surface area (Å²) in [5, 5.41) is 2.64. The van der Waals surface area contributed by atoms with Crippen LogP contribution in [-0.4, -0.2) is 59.7 Å². The van der Waals surface area contributed by atoms with Gasteiger partial charge in [0.2, 0.25) is 17.7 Å². The molecule has 2 aliphatic rings. The van der Waals surface area contributed by atoms with Crippen molar-refractivity contribution in [3.8, 4) is 0 Å². The van der Waals surface area contributed by atoms with E-state index in [1.165, 1.54) is 18.9 Å². The molecule has 0 spiro atoms. The molecule has 6 heteroatoms. The van der Waals surface area contributed by atoms with Crippen molar-refractivity contribution in [2.24, 2.45) is 5.92 Å². The summed E-state index contributed by atoms with van der Waals surface area (Å²) in [6.07, 6.45) is 8.04. The first-order valence-electron chi connectivity index (χ1n) is 9.48. The molecular formula is C19H31N3O3. The Morgan fingerprint density at radius 1 is 1.08 bits per heavy atom. The summed E-state index contributed by atoms with van der Waals surface area (Å²) in [6, 6.07) is 0.337. The molecule has 0 aromatic heterocycles. The third kappa shape index (κ3) is 5.58. The molecule has 2 rings (SSSR count). The van der Waals surface area contributed by atoms with Crippen molar-refractivity contribution in [1.82, 2.24) is 15.1 Å². The third-order valence-corrected chi connectivity index (χ3v) is 5.46. The minimum atomic E-state index is -0.246. The van der Waals surface area contributed by atoms with Crippen LogP contribution in [0.2, 0.25) is 0 Å². The largest absolute Gasteiger partial charge is 0.352 e. The number of hydrogen-bond acceptors (Lipinski definition) is 3. The highest BCUT2D eigenvalue weighted by Crippen LogP contribution is 2.30. The van der Waals surface area contributed by atoms with Crippen LogP contribution in [0, 0.1) is 5.92 Å². The highest BCUT2D eigenvalue weighted by atomic mass is 16.2. The van der Waals surface area contributed by atoms with Crippen molar-refractivity contribution in [1.29, 1.82) is 0 Å². The van der Waals surface area contributed by atoms with Gasteiger partial charge in [-0.05, 0) is 37.7 Å². The molecule has 2 saturated heterocycles. The van der Waals surface area contributed by atoms with Gasteiger partial charge in [0, 0.05) is 45.6 Å². The first-order valence-corrected chi connectivity index (χ1v) is 9.48. The molecule has 0 saturated carbocycles. The standard InChI is InChI=1S/C19H31N3O3/c1-3-18(24)20-11-8-19(25)21-13-9-16(10-14-21)17-7-5-4-6-12-22(17)15(2)23/h3,16-17H,1,4-14H2,2H3,(H,20,24). The summed E-state index contributed by atoms with van der Waals surface area (Å²) in [5.74, 6) is 0.520. The molecular weight excluding hydrogens is 318 g/mol. The minimum absolute atomic E-state index is 0.0899. The zero-order chi connectivity index (χ0) is 18.2. The van der Waals surface area contributed by atoms with E-state index in [-0.39, 0.29) is 17.7 Å². The van der Waals surface area contributed by atoms with Crippen molar-refractivity contribution in [2.45, 2.75) is 57.9 Å². The fourth-order valence-electron chi connectivity index (χ4n) is 4.07. The van der Waals surface area contributed by atoms with E-state index in [1.54, 1.807) is 6.92 Å². The summed E-state index contributed by atoms with van der Waals surface area (Å²) in [6.45, 7) is 7.80. The lowest BCUT2D eigenvalue weighted by molar-refractivity contribution is -0.136. The summed E-state index contributed by atoms with van der Waals surface area (Å²) < 4.78 is 0. The van der Waals surface area contributed by atoms with Gasteiger partial charge in [0.15, 0.2) is 0 Å². The molecule has 0 aromatic carbocycles. The molecule has 140 valence electrons. The van der Waals surface area contributed by atoms with Gasteiger partial charge in [-0.15, -0.1) is 0 Å². The fourth-order valence-corrected chi connectivity index (χ4v) is 4.07. The van der Waals surface area contributed by atoms with E-state index in [1.807, 2.05) is 4.90 Å². The Balaban J connectivity index is 1.81. The number of likely N-dealkylation sites (tertiary alicyclic amines) is 2. The van der Waals surface area contributed by atoms with Crippen molar-refractivity contribution >= 4 is 17.7 Å². The van der Waals surface area contributed by atoms with Crippen molar-refractivity contribution in [3.05, 3.63) is 12.7 Å². The van der Waals surface area contributed by atoms with Gasteiger partial charge < -0.3 is 15.1 Å². The molecule has 2 aliphatic heterocycles. The van der Waals surface area contributed by atoms with Crippen LogP contribution in [0.3, 0.4) is 0 Å². The maximum atomic E-state index is 12.3. The van der Waals surface area contributed by atoms with Gasteiger partial charge in [-0.1, -0.05) is 19.4 Å². The predicted octanol–water partition coefficient (Wildman–Crippen LogP) is 1.71. The highest BCUT2D eigenvalue weighted by molar-refractivity contribution is 5.87. The number of hydrogen-bond donors (Lipinski definition) is 1. The van der Waals surface area contributed by atoms with Crippen LogP contribution in [0.5, 0.6) is 0 Å². The van der Waals surface area contributed by atoms with Gasteiger partial charge >= 0.3 is 0 Å². The summed E-state index contributed by atoms with van der Waals surface area (Å²) in [4.78, 5) is 39.3. The molecule has 0 bridgehead atoms. The Morgan fingerprint density at radius 3 is 2.44 bits per heavy atom. The Bertz CT molecular complexity index is 498. The average molecular weight is 349 g/mol. The van der Waals surface area contributed by atoms with E-state index in [4.69, 9.17) is 0 Å². The lowest BCUT2D eigenvalue weighted by Gasteiger charge is -2.40. The molecule has 0 radical (unpaired) electrons. The molecule has 2 heterocycles. The SMILES string of the molecule is C=CC(=O)NCCC(=O)N1CCC(C2CCCCCN2C(C)=O)CC1. The number of rotatable bonds is 5. The van der Waals surface area contributed by atoms with E-state index < -0.39 is 0 Å². The van der Waals surface area contributed by atoms with Gasteiger partial charge in [0.1, 0.15) is 0 Å². The number of amides is 3. The fraction of sp³-hybridized carbons (Fsp3) is 0.737. The van der Waals surface area contributed by atoms with Crippen LogP contribution in [0.1, 0.15) is 51.9 Å². The topological polar surface area (TPSA) is 69.7 Å². The van der Waals surface area contributed by atoms with E-state index in [2.05, 4.69) is 16.8 Å². The Morgan fingerprint density at radius 2 is 1.80 bits per heavy atom.